The Balaban J connectivity index is 1.88. The van der Waals surface area contributed by atoms with Crippen LogP contribution in [0.3, 0.4) is 0 Å². The molecule has 2 aromatic heterocycles. The van der Waals surface area contributed by atoms with Crippen molar-refractivity contribution >= 4 is 27.5 Å². The molecular formula is C16H19N3O2S. The zero-order valence-corrected chi connectivity index (χ0v) is 13.7. The summed E-state index contributed by atoms with van der Waals surface area (Å²) in [7, 11) is 1.78. The zero-order valence-electron chi connectivity index (χ0n) is 12.8. The highest BCUT2D eigenvalue weighted by atomic mass is 32.1. The summed E-state index contributed by atoms with van der Waals surface area (Å²) in [4.78, 5) is 33.5. The summed E-state index contributed by atoms with van der Waals surface area (Å²) in [5, 5.41) is 0.761. The van der Waals surface area contributed by atoms with Crippen molar-refractivity contribution in [1.82, 2.24) is 14.5 Å². The fourth-order valence-electron chi connectivity index (χ4n) is 3.63. The summed E-state index contributed by atoms with van der Waals surface area (Å²) in [5.74, 6) is 0.689. The number of likely N-dealkylation sites (tertiary alicyclic amines) is 1. The Labute approximate surface area is 132 Å². The minimum Gasteiger partial charge on any atom is -0.344 e. The third kappa shape index (κ3) is 1.93. The van der Waals surface area contributed by atoms with E-state index >= 15 is 0 Å². The Morgan fingerprint density at radius 3 is 2.86 bits per heavy atom. The van der Waals surface area contributed by atoms with Gasteiger partial charge < -0.3 is 4.90 Å². The van der Waals surface area contributed by atoms with E-state index in [-0.39, 0.29) is 17.5 Å². The smallest absolute Gasteiger partial charge is 0.263 e. The Hall–Kier alpha value is -1.69. The van der Waals surface area contributed by atoms with Gasteiger partial charge in [0.1, 0.15) is 10.9 Å². The third-order valence-corrected chi connectivity index (χ3v) is 6.14. The second-order valence-corrected chi connectivity index (χ2v) is 7.64. The number of carbonyl (C=O) groups is 1. The van der Waals surface area contributed by atoms with Gasteiger partial charge in [-0.05, 0) is 37.2 Å². The average molecular weight is 317 g/mol. The van der Waals surface area contributed by atoms with Crippen molar-refractivity contribution in [1.29, 1.82) is 0 Å². The van der Waals surface area contributed by atoms with Crippen LogP contribution in [0.2, 0.25) is 0 Å². The quantitative estimate of drug-likeness (QED) is 0.808. The normalized spacial score (nSPS) is 25.0. The van der Waals surface area contributed by atoms with Gasteiger partial charge in [-0.1, -0.05) is 6.92 Å². The van der Waals surface area contributed by atoms with E-state index in [4.69, 9.17) is 0 Å². The van der Waals surface area contributed by atoms with Crippen molar-refractivity contribution in [3.8, 4) is 0 Å². The average Bonchev–Trinajstić information content (AvgIpc) is 3.01. The van der Waals surface area contributed by atoms with Crippen LogP contribution in [-0.4, -0.2) is 34.0 Å². The molecule has 0 aromatic carbocycles. The molecule has 1 amide bonds. The number of nitrogens with zero attached hydrogens (tertiary/aromatic N) is 3. The first-order chi connectivity index (χ1) is 10.6. The molecular weight excluding hydrogens is 298 g/mol. The number of hydrogen-bond acceptors (Lipinski definition) is 4. The standard InChI is InChI=1S/C16H19N3O2S/c1-9-3-4-10-12(7-9)22-14-13(10)16(21)19(8-17-14)11-5-6-18(2)15(11)20/h8-9,11H,3-7H2,1-2H3. The largest absolute Gasteiger partial charge is 0.344 e. The van der Waals surface area contributed by atoms with Gasteiger partial charge in [-0.2, -0.15) is 0 Å². The van der Waals surface area contributed by atoms with Crippen molar-refractivity contribution < 1.29 is 4.79 Å². The number of likely N-dealkylation sites (N-methyl/N-ethyl adjacent to an activating group) is 1. The first-order valence-corrected chi connectivity index (χ1v) is 8.64. The molecule has 6 heteroatoms. The monoisotopic (exact) mass is 317 g/mol. The molecule has 116 valence electrons. The van der Waals surface area contributed by atoms with E-state index < -0.39 is 0 Å². The van der Waals surface area contributed by atoms with Crippen molar-refractivity contribution in [2.75, 3.05) is 13.6 Å². The number of hydrogen-bond donors (Lipinski definition) is 0. The minimum absolute atomic E-state index is 0.0148. The summed E-state index contributed by atoms with van der Waals surface area (Å²) in [6, 6.07) is -0.382. The first kappa shape index (κ1) is 13.9. The van der Waals surface area contributed by atoms with E-state index in [1.807, 2.05) is 0 Å². The number of amides is 1. The topological polar surface area (TPSA) is 55.2 Å². The van der Waals surface area contributed by atoms with E-state index in [1.54, 1.807) is 34.2 Å². The summed E-state index contributed by atoms with van der Waals surface area (Å²) in [5.41, 5.74) is 1.15. The number of aryl methyl sites for hydroxylation is 1. The minimum atomic E-state index is -0.382. The fraction of sp³-hybridized carbons (Fsp3) is 0.562. The Morgan fingerprint density at radius 1 is 1.32 bits per heavy atom. The van der Waals surface area contributed by atoms with Crippen molar-refractivity contribution in [2.45, 2.75) is 38.6 Å². The summed E-state index contributed by atoms with van der Waals surface area (Å²) in [6.45, 7) is 2.96. The maximum atomic E-state index is 12.9. The van der Waals surface area contributed by atoms with Crippen LogP contribution in [0, 0.1) is 5.92 Å². The molecule has 22 heavy (non-hydrogen) atoms. The molecule has 4 rings (SSSR count). The highest BCUT2D eigenvalue weighted by molar-refractivity contribution is 7.18. The molecule has 2 atom stereocenters. The maximum Gasteiger partial charge on any atom is 0.263 e. The first-order valence-electron chi connectivity index (χ1n) is 7.82. The zero-order chi connectivity index (χ0) is 15.4. The summed E-state index contributed by atoms with van der Waals surface area (Å²) in [6.07, 6.45) is 5.37. The van der Waals surface area contributed by atoms with E-state index in [0.29, 0.717) is 18.9 Å². The van der Waals surface area contributed by atoms with Gasteiger partial charge in [0.25, 0.3) is 5.56 Å². The lowest BCUT2D eigenvalue weighted by molar-refractivity contribution is -0.129. The molecule has 1 aliphatic heterocycles. The predicted molar refractivity (Wildman–Crippen MR) is 86.4 cm³/mol. The molecule has 0 radical (unpaired) electrons. The van der Waals surface area contributed by atoms with Crippen molar-refractivity contribution in [3.63, 3.8) is 0 Å². The van der Waals surface area contributed by atoms with Gasteiger partial charge in [0.2, 0.25) is 5.91 Å². The molecule has 0 spiro atoms. The van der Waals surface area contributed by atoms with Crippen molar-refractivity contribution in [3.05, 3.63) is 27.1 Å². The number of fused-ring (bicyclic) bond motifs is 3. The van der Waals surface area contributed by atoms with Crippen LogP contribution in [0.25, 0.3) is 10.2 Å². The lowest BCUT2D eigenvalue weighted by atomic mass is 9.89. The van der Waals surface area contributed by atoms with Crippen LogP contribution in [0.4, 0.5) is 0 Å². The van der Waals surface area contributed by atoms with E-state index in [2.05, 4.69) is 11.9 Å². The molecule has 0 bridgehead atoms. The van der Waals surface area contributed by atoms with E-state index in [9.17, 15) is 9.59 Å². The van der Waals surface area contributed by atoms with Crippen LogP contribution >= 0.6 is 11.3 Å². The van der Waals surface area contributed by atoms with Gasteiger partial charge in [0, 0.05) is 18.5 Å². The van der Waals surface area contributed by atoms with Gasteiger partial charge in [-0.25, -0.2) is 4.98 Å². The maximum absolute atomic E-state index is 12.9. The van der Waals surface area contributed by atoms with Crippen LogP contribution in [0.1, 0.15) is 36.2 Å². The lowest BCUT2D eigenvalue weighted by Crippen LogP contribution is -2.31. The Morgan fingerprint density at radius 2 is 2.14 bits per heavy atom. The number of carbonyl (C=O) groups excluding carboxylic acids is 1. The van der Waals surface area contributed by atoms with Crippen molar-refractivity contribution in [2.24, 2.45) is 5.92 Å². The molecule has 5 nitrogen and oxygen atoms in total. The molecule has 0 N–H and O–H groups in total. The number of rotatable bonds is 1. The molecule has 2 aromatic rings. The van der Waals surface area contributed by atoms with Crippen LogP contribution < -0.4 is 5.56 Å². The molecule has 1 saturated heterocycles. The molecule has 3 heterocycles. The molecule has 0 saturated carbocycles. The fourth-order valence-corrected chi connectivity index (χ4v) is 4.97. The predicted octanol–water partition coefficient (Wildman–Crippen LogP) is 1.99. The van der Waals surface area contributed by atoms with E-state index in [1.165, 1.54) is 10.4 Å². The summed E-state index contributed by atoms with van der Waals surface area (Å²) >= 11 is 1.65. The second-order valence-electron chi connectivity index (χ2n) is 6.55. The molecule has 2 aliphatic rings. The van der Waals surface area contributed by atoms with Gasteiger partial charge in [0.15, 0.2) is 0 Å². The van der Waals surface area contributed by atoms with Gasteiger partial charge in [0.05, 0.1) is 11.7 Å². The summed E-state index contributed by atoms with van der Waals surface area (Å²) < 4.78 is 1.55. The van der Waals surface area contributed by atoms with Gasteiger partial charge in [-0.15, -0.1) is 11.3 Å². The highest BCUT2D eigenvalue weighted by Crippen LogP contribution is 2.35. The van der Waals surface area contributed by atoms with Crippen LogP contribution in [0.5, 0.6) is 0 Å². The molecule has 2 unspecified atom stereocenters. The highest BCUT2D eigenvalue weighted by Gasteiger charge is 2.32. The number of aromatic nitrogens is 2. The lowest BCUT2D eigenvalue weighted by Gasteiger charge is -2.18. The Kier molecular flexibility index (Phi) is 3.11. The molecule has 1 aliphatic carbocycles. The SMILES string of the molecule is CC1CCc2c(sc3ncn(C4CCN(C)C4=O)c(=O)c23)C1. The third-order valence-electron chi connectivity index (χ3n) is 4.98. The van der Waals surface area contributed by atoms with Crippen LogP contribution in [0.15, 0.2) is 11.1 Å². The van der Waals surface area contributed by atoms with Gasteiger partial charge in [-0.3, -0.25) is 14.2 Å². The number of thiophene rings is 1. The van der Waals surface area contributed by atoms with Gasteiger partial charge >= 0.3 is 0 Å². The second kappa shape index (κ2) is 4.91. The van der Waals surface area contributed by atoms with Crippen LogP contribution in [-0.2, 0) is 17.6 Å². The van der Waals surface area contributed by atoms with E-state index in [0.717, 1.165) is 29.5 Å². The molecule has 1 fully saturated rings. The Bertz CT molecular complexity index is 823.